The predicted octanol–water partition coefficient (Wildman–Crippen LogP) is 5.91. The van der Waals surface area contributed by atoms with Crippen molar-refractivity contribution in [2.45, 2.75) is 104 Å². The van der Waals surface area contributed by atoms with Gasteiger partial charge in [0.05, 0.1) is 0 Å². The lowest BCUT2D eigenvalue weighted by Crippen LogP contribution is -2.46. The van der Waals surface area contributed by atoms with Crippen LogP contribution in [0.25, 0.3) is 0 Å². The molecular weight excluding hydrogens is 372 g/mol. The Balaban J connectivity index is 1.75. The van der Waals surface area contributed by atoms with Gasteiger partial charge in [-0.25, -0.2) is 0 Å². The van der Waals surface area contributed by atoms with Crippen molar-refractivity contribution in [3.63, 3.8) is 0 Å². The standard InChI is InChI=1S/C27H44O3/c1-18(2)8-6-9-20(4)23-13-14-24-21(10-7-16-26(23,24)5)11-12-22-19(3)15-17-27(29,30)25(22)28/h11-12,18,20,23-25,28-30H,3,6-10,13-17H2,1-2,4-5H3/b21-11+,22-12+/t20-,23-,24+,25?,26-/m1/s1. The SMILES string of the molecule is C=C1CCC(O)(O)C(O)/C1=C/C=C1\CCC[C@]2(C)[C@@H]([C@H](C)CCCC(C)C)CC[C@@H]12. The number of fused-ring (bicyclic) bond motifs is 1. The first-order valence-corrected chi connectivity index (χ1v) is 12.3. The lowest BCUT2D eigenvalue weighted by Gasteiger charge is -2.44. The average Bonchev–Trinajstić information content (AvgIpc) is 3.02. The molecule has 3 nitrogen and oxygen atoms in total. The molecule has 0 spiro atoms. The number of hydrogen-bond donors (Lipinski definition) is 3. The van der Waals surface area contributed by atoms with Crippen molar-refractivity contribution in [1.29, 1.82) is 0 Å². The largest absolute Gasteiger partial charge is 0.383 e. The Kier molecular flexibility index (Phi) is 7.37. The molecule has 0 aliphatic heterocycles. The highest BCUT2D eigenvalue weighted by molar-refractivity contribution is 5.40. The van der Waals surface area contributed by atoms with E-state index in [0.717, 1.165) is 29.7 Å². The van der Waals surface area contributed by atoms with Gasteiger partial charge in [-0.05, 0) is 78.8 Å². The summed E-state index contributed by atoms with van der Waals surface area (Å²) in [5.74, 6) is 0.936. The van der Waals surface area contributed by atoms with E-state index in [9.17, 15) is 15.3 Å². The lowest BCUT2D eigenvalue weighted by molar-refractivity contribution is -0.221. The Morgan fingerprint density at radius 3 is 2.50 bits per heavy atom. The zero-order chi connectivity index (χ0) is 22.1. The van der Waals surface area contributed by atoms with E-state index in [1.54, 1.807) is 0 Å². The third-order valence-corrected chi connectivity index (χ3v) is 8.58. The molecule has 3 heteroatoms. The van der Waals surface area contributed by atoms with E-state index in [0.29, 0.717) is 23.3 Å². The Morgan fingerprint density at radius 1 is 1.07 bits per heavy atom. The van der Waals surface area contributed by atoms with Crippen LogP contribution < -0.4 is 0 Å². The van der Waals surface area contributed by atoms with Crippen LogP contribution in [-0.4, -0.2) is 27.2 Å². The number of aliphatic hydroxyl groups excluding tert-OH is 1. The van der Waals surface area contributed by atoms with Crippen molar-refractivity contribution in [1.82, 2.24) is 0 Å². The summed E-state index contributed by atoms with van der Waals surface area (Å²) in [5, 5.41) is 30.5. The first kappa shape index (κ1) is 23.8. The van der Waals surface area contributed by atoms with Gasteiger partial charge in [-0.3, -0.25) is 0 Å². The fraction of sp³-hybridized carbons (Fsp3) is 0.778. The lowest BCUT2D eigenvalue weighted by atomic mass is 9.60. The molecular formula is C27H44O3. The van der Waals surface area contributed by atoms with Crippen LogP contribution in [0.1, 0.15) is 91.9 Å². The summed E-state index contributed by atoms with van der Waals surface area (Å²) < 4.78 is 0. The van der Waals surface area contributed by atoms with Crippen LogP contribution >= 0.6 is 0 Å². The van der Waals surface area contributed by atoms with Gasteiger partial charge in [0.15, 0.2) is 5.79 Å². The number of aliphatic hydroxyl groups is 3. The van der Waals surface area contributed by atoms with E-state index in [2.05, 4.69) is 40.3 Å². The van der Waals surface area contributed by atoms with Crippen molar-refractivity contribution in [2.24, 2.45) is 29.1 Å². The molecule has 0 amide bonds. The third kappa shape index (κ3) is 4.79. The molecule has 30 heavy (non-hydrogen) atoms. The Bertz CT molecular complexity index is 686. The minimum Gasteiger partial charge on any atom is -0.383 e. The fourth-order valence-corrected chi connectivity index (χ4v) is 6.73. The molecule has 170 valence electrons. The van der Waals surface area contributed by atoms with Crippen LogP contribution in [0.4, 0.5) is 0 Å². The molecule has 3 aliphatic carbocycles. The maximum Gasteiger partial charge on any atom is 0.194 e. The van der Waals surface area contributed by atoms with E-state index in [1.807, 2.05) is 6.08 Å². The molecule has 1 unspecified atom stereocenters. The van der Waals surface area contributed by atoms with Crippen LogP contribution in [0.2, 0.25) is 0 Å². The molecule has 0 saturated heterocycles. The van der Waals surface area contributed by atoms with Gasteiger partial charge in [-0.1, -0.05) is 71.3 Å². The molecule has 0 aromatic rings. The van der Waals surface area contributed by atoms with Crippen molar-refractivity contribution in [3.8, 4) is 0 Å². The van der Waals surface area contributed by atoms with Gasteiger partial charge < -0.3 is 15.3 Å². The summed E-state index contributed by atoms with van der Waals surface area (Å²) in [5.41, 5.74) is 3.27. The monoisotopic (exact) mass is 416 g/mol. The molecule has 0 radical (unpaired) electrons. The van der Waals surface area contributed by atoms with Gasteiger partial charge in [0, 0.05) is 6.42 Å². The quantitative estimate of drug-likeness (QED) is 0.472. The van der Waals surface area contributed by atoms with E-state index >= 15 is 0 Å². The van der Waals surface area contributed by atoms with Gasteiger partial charge in [-0.15, -0.1) is 0 Å². The van der Waals surface area contributed by atoms with Gasteiger partial charge in [0.25, 0.3) is 0 Å². The Morgan fingerprint density at radius 2 is 1.80 bits per heavy atom. The third-order valence-electron chi connectivity index (χ3n) is 8.58. The number of rotatable bonds is 6. The van der Waals surface area contributed by atoms with Gasteiger partial charge in [0.2, 0.25) is 0 Å². The summed E-state index contributed by atoms with van der Waals surface area (Å²) in [4.78, 5) is 0. The number of allylic oxidation sites excluding steroid dienone is 3. The molecule has 0 aromatic carbocycles. The average molecular weight is 417 g/mol. The molecule has 5 atom stereocenters. The summed E-state index contributed by atoms with van der Waals surface area (Å²) in [6.45, 7) is 13.7. The highest BCUT2D eigenvalue weighted by atomic mass is 16.5. The van der Waals surface area contributed by atoms with Crippen LogP contribution in [-0.2, 0) is 0 Å². The van der Waals surface area contributed by atoms with E-state index < -0.39 is 11.9 Å². The molecule has 0 bridgehead atoms. The van der Waals surface area contributed by atoms with E-state index in [4.69, 9.17) is 0 Å². The van der Waals surface area contributed by atoms with Gasteiger partial charge in [0.1, 0.15) is 6.10 Å². The summed E-state index contributed by atoms with van der Waals surface area (Å²) in [7, 11) is 0. The maximum atomic E-state index is 10.4. The molecule has 3 N–H and O–H groups in total. The van der Waals surface area contributed by atoms with Crippen LogP contribution in [0.3, 0.4) is 0 Å². The van der Waals surface area contributed by atoms with Crippen LogP contribution in [0, 0.1) is 29.1 Å². The number of hydrogen-bond acceptors (Lipinski definition) is 3. The highest BCUT2D eigenvalue weighted by Gasteiger charge is 2.50. The van der Waals surface area contributed by atoms with E-state index in [1.165, 1.54) is 50.5 Å². The van der Waals surface area contributed by atoms with E-state index in [-0.39, 0.29) is 6.42 Å². The van der Waals surface area contributed by atoms with Gasteiger partial charge >= 0.3 is 0 Å². The van der Waals surface area contributed by atoms with Crippen LogP contribution in [0.5, 0.6) is 0 Å². The molecule has 0 aromatic heterocycles. The highest BCUT2D eigenvalue weighted by Crippen LogP contribution is 2.60. The smallest absolute Gasteiger partial charge is 0.194 e. The molecule has 3 rings (SSSR count). The van der Waals surface area contributed by atoms with Crippen molar-refractivity contribution in [3.05, 3.63) is 35.5 Å². The van der Waals surface area contributed by atoms with Gasteiger partial charge in [-0.2, -0.15) is 0 Å². The second-order valence-corrected chi connectivity index (χ2v) is 11.1. The maximum absolute atomic E-state index is 10.4. The van der Waals surface area contributed by atoms with Crippen molar-refractivity contribution >= 4 is 0 Å². The zero-order valence-corrected chi connectivity index (χ0v) is 19.7. The second-order valence-electron chi connectivity index (χ2n) is 11.1. The van der Waals surface area contributed by atoms with Crippen molar-refractivity contribution in [2.75, 3.05) is 0 Å². The minimum atomic E-state index is -2.05. The van der Waals surface area contributed by atoms with Crippen LogP contribution in [0.15, 0.2) is 35.5 Å². The zero-order valence-electron chi connectivity index (χ0n) is 19.7. The normalized spacial score (nSPS) is 37.7. The Labute approximate surface area is 184 Å². The summed E-state index contributed by atoms with van der Waals surface area (Å²) in [6.07, 6.45) is 13.7. The summed E-state index contributed by atoms with van der Waals surface area (Å²) >= 11 is 0. The summed E-state index contributed by atoms with van der Waals surface area (Å²) in [6, 6.07) is 0. The molecule has 3 aliphatic rings. The predicted molar refractivity (Wildman–Crippen MR) is 124 cm³/mol. The Hall–Kier alpha value is -0.900. The topological polar surface area (TPSA) is 60.7 Å². The van der Waals surface area contributed by atoms with Crippen molar-refractivity contribution < 1.29 is 15.3 Å². The molecule has 0 heterocycles. The second kappa shape index (κ2) is 9.30. The fourth-order valence-electron chi connectivity index (χ4n) is 6.73. The molecule has 3 fully saturated rings. The molecule has 3 saturated carbocycles. The first-order valence-electron chi connectivity index (χ1n) is 12.3. The minimum absolute atomic E-state index is 0.137. The first-order chi connectivity index (χ1) is 14.1.